The molecule has 0 spiro atoms. The molecule has 1 aliphatic rings. The second kappa shape index (κ2) is 12.1. The molecule has 10 heteroatoms. The summed E-state index contributed by atoms with van der Waals surface area (Å²) >= 11 is 0. The Morgan fingerprint density at radius 3 is 2.33 bits per heavy atom. The van der Waals surface area contributed by atoms with E-state index in [1.54, 1.807) is 12.1 Å². The molecule has 0 bridgehead atoms. The van der Waals surface area contributed by atoms with Gasteiger partial charge in [-0.25, -0.2) is 14.3 Å². The number of carbonyl (C=O) groups excluding carboxylic acids is 3. The molecule has 10 nitrogen and oxygen atoms in total. The zero-order chi connectivity index (χ0) is 29.0. The van der Waals surface area contributed by atoms with Crippen LogP contribution < -0.4 is 16.2 Å². The normalized spacial score (nSPS) is 17.4. The Morgan fingerprint density at radius 2 is 1.70 bits per heavy atom. The number of ether oxygens (including phenoxy) is 1. The Balaban J connectivity index is 1.28. The minimum Gasteiger partial charge on any atom is -0.444 e. The molecule has 2 heterocycles. The number of alkyl carbamates (subject to hydrolysis) is 1. The van der Waals surface area contributed by atoms with Crippen molar-refractivity contribution in [3.63, 3.8) is 0 Å². The van der Waals surface area contributed by atoms with Crippen molar-refractivity contribution >= 4 is 23.6 Å². The highest BCUT2D eigenvalue weighted by atomic mass is 16.6. The van der Waals surface area contributed by atoms with E-state index in [0.717, 1.165) is 40.3 Å². The maximum atomic E-state index is 12.7. The average molecular weight is 549 g/mol. The Morgan fingerprint density at radius 1 is 1.02 bits per heavy atom. The van der Waals surface area contributed by atoms with E-state index in [-0.39, 0.29) is 23.8 Å². The zero-order valence-electron chi connectivity index (χ0n) is 24.3. The largest absolute Gasteiger partial charge is 0.444 e. The second-order valence-corrected chi connectivity index (χ2v) is 11.6. The molecule has 40 heavy (non-hydrogen) atoms. The number of hydrogen-bond donors (Lipinski definition) is 3. The van der Waals surface area contributed by atoms with Gasteiger partial charge in [0.05, 0.1) is 5.69 Å². The average Bonchev–Trinajstić information content (AvgIpc) is 3.24. The number of aromatic nitrogens is 3. The summed E-state index contributed by atoms with van der Waals surface area (Å²) in [5.74, 6) is -0.823. The van der Waals surface area contributed by atoms with Crippen molar-refractivity contribution in [2.45, 2.75) is 91.7 Å². The molecular weight excluding hydrogens is 508 g/mol. The van der Waals surface area contributed by atoms with Crippen LogP contribution in [-0.2, 0) is 22.4 Å². The number of benzene rings is 1. The minimum absolute atomic E-state index is 0.0232. The standard InChI is InChI=1S/C30H40N6O4/c1-7-25-24(26-31-18(2)16-19(3)36(26)35-25)17-20-8-10-21(11-9-20)27(37)33-34-28(38)22-12-14-23(15-13-22)32-29(39)40-30(4,5)6/h8-11,16,22-23H,7,12-15,17H2,1-6H3,(H,32,39)(H,33,37)(H,34,38). The van der Waals surface area contributed by atoms with Gasteiger partial charge in [-0.1, -0.05) is 19.1 Å². The van der Waals surface area contributed by atoms with Crippen molar-refractivity contribution in [3.8, 4) is 0 Å². The Bertz CT molecular complexity index is 1380. The van der Waals surface area contributed by atoms with Gasteiger partial charge >= 0.3 is 6.09 Å². The number of hydrazine groups is 1. The first-order valence-electron chi connectivity index (χ1n) is 14.0. The molecule has 3 N–H and O–H groups in total. The number of nitrogens with zero attached hydrogens (tertiary/aromatic N) is 3. The van der Waals surface area contributed by atoms with Gasteiger partial charge in [0.15, 0.2) is 5.65 Å². The quantitative estimate of drug-likeness (QED) is 0.393. The highest BCUT2D eigenvalue weighted by Crippen LogP contribution is 2.25. The fraction of sp³-hybridized carbons (Fsp3) is 0.500. The number of aryl methyl sites for hydroxylation is 3. The summed E-state index contributed by atoms with van der Waals surface area (Å²) in [4.78, 5) is 42.1. The number of fused-ring (bicyclic) bond motifs is 1. The molecule has 0 aliphatic heterocycles. The van der Waals surface area contributed by atoms with Crippen molar-refractivity contribution < 1.29 is 19.1 Å². The number of hydrogen-bond acceptors (Lipinski definition) is 6. The van der Waals surface area contributed by atoms with E-state index >= 15 is 0 Å². The van der Waals surface area contributed by atoms with Crippen LogP contribution in [0.15, 0.2) is 30.3 Å². The van der Waals surface area contributed by atoms with Gasteiger partial charge in [0.1, 0.15) is 5.60 Å². The molecule has 214 valence electrons. The fourth-order valence-corrected chi connectivity index (χ4v) is 5.12. The van der Waals surface area contributed by atoms with E-state index in [1.165, 1.54) is 0 Å². The summed E-state index contributed by atoms with van der Waals surface area (Å²) in [7, 11) is 0. The summed E-state index contributed by atoms with van der Waals surface area (Å²) in [6.45, 7) is 11.6. The van der Waals surface area contributed by atoms with Gasteiger partial charge < -0.3 is 10.1 Å². The molecule has 3 amide bonds. The van der Waals surface area contributed by atoms with Gasteiger partial charge in [-0.2, -0.15) is 5.10 Å². The van der Waals surface area contributed by atoms with Crippen LogP contribution >= 0.6 is 0 Å². The van der Waals surface area contributed by atoms with Crippen molar-refractivity contribution in [2.75, 3.05) is 0 Å². The van der Waals surface area contributed by atoms with Crippen LogP contribution in [0.4, 0.5) is 4.79 Å². The smallest absolute Gasteiger partial charge is 0.407 e. The lowest BCUT2D eigenvalue weighted by Crippen LogP contribution is -2.47. The Hall–Kier alpha value is -3.95. The molecule has 0 saturated heterocycles. The SMILES string of the molecule is CCc1nn2c(C)cc(C)nc2c1Cc1ccc(C(=O)NNC(=O)C2CCC(NC(=O)OC(C)(C)C)CC2)cc1. The first-order valence-corrected chi connectivity index (χ1v) is 14.0. The van der Waals surface area contributed by atoms with E-state index in [4.69, 9.17) is 14.8 Å². The summed E-state index contributed by atoms with van der Waals surface area (Å²) in [5.41, 5.74) is 11.0. The van der Waals surface area contributed by atoms with Gasteiger partial charge in [-0.05, 0) is 90.5 Å². The highest BCUT2D eigenvalue weighted by molar-refractivity contribution is 5.95. The van der Waals surface area contributed by atoms with E-state index in [2.05, 4.69) is 23.1 Å². The molecule has 1 saturated carbocycles. The number of nitrogens with one attached hydrogen (secondary N) is 3. The van der Waals surface area contributed by atoms with Gasteiger partial charge in [0.25, 0.3) is 5.91 Å². The van der Waals surface area contributed by atoms with Crippen molar-refractivity contribution in [2.24, 2.45) is 5.92 Å². The van der Waals surface area contributed by atoms with Crippen LogP contribution in [-0.4, -0.2) is 44.1 Å². The molecule has 4 rings (SSSR count). The lowest BCUT2D eigenvalue weighted by molar-refractivity contribution is -0.126. The van der Waals surface area contributed by atoms with Crippen molar-refractivity contribution in [1.82, 2.24) is 30.8 Å². The molecule has 1 fully saturated rings. The molecule has 3 aromatic rings. The number of rotatable bonds is 6. The second-order valence-electron chi connectivity index (χ2n) is 11.6. The number of carbonyl (C=O) groups is 3. The van der Waals surface area contributed by atoms with E-state index in [0.29, 0.717) is 37.7 Å². The molecule has 1 aliphatic carbocycles. The summed E-state index contributed by atoms with van der Waals surface area (Å²) < 4.78 is 7.21. The lowest BCUT2D eigenvalue weighted by Gasteiger charge is -2.29. The summed E-state index contributed by atoms with van der Waals surface area (Å²) in [5, 5.41) is 7.62. The predicted molar refractivity (Wildman–Crippen MR) is 152 cm³/mol. The first-order chi connectivity index (χ1) is 18.9. The molecule has 0 radical (unpaired) electrons. The molecule has 0 atom stereocenters. The van der Waals surface area contributed by atoms with Crippen molar-refractivity contribution in [3.05, 3.63) is 64.1 Å². The third kappa shape index (κ3) is 7.16. The van der Waals surface area contributed by atoms with Gasteiger partial charge in [-0.3, -0.25) is 20.4 Å². The summed E-state index contributed by atoms with van der Waals surface area (Å²) in [6, 6.07) is 9.34. The highest BCUT2D eigenvalue weighted by Gasteiger charge is 2.28. The first kappa shape index (κ1) is 29.0. The molecule has 0 unspecified atom stereocenters. The van der Waals surface area contributed by atoms with Crippen LogP contribution in [0.3, 0.4) is 0 Å². The van der Waals surface area contributed by atoms with Gasteiger partial charge in [0, 0.05) is 40.9 Å². The maximum Gasteiger partial charge on any atom is 0.407 e. The minimum atomic E-state index is -0.552. The molecule has 2 aromatic heterocycles. The van der Waals surface area contributed by atoms with E-state index in [9.17, 15) is 14.4 Å². The fourth-order valence-electron chi connectivity index (χ4n) is 5.12. The van der Waals surface area contributed by atoms with Gasteiger partial charge in [0.2, 0.25) is 5.91 Å². The molecular formula is C30H40N6O4. The third-order valence-electron chi connectivity index (χ3n) is 7.12. The van der Waals surface area contributed by atoms with Crippen LogP contribution in [0, 0.1) is 19.8 Å². The van der Waals surface area contributed by atoms with E-state index < -0.39 is 11.7 Å². The van der Waals surface area contributed by atoms with Crippen LogP contribution in [0.5, 0.6) is 0 Å². The van der Waals surface area contributed by atoms with E-state index in [1.807, 2.05) is 57.3 Å². The maximum absolute atomic E-state index is 12.7. The summed E-state index contributed by atoms with van der Waals surface area (Å²) in [6.07, 6.45) is 3.61. The zero-order valence-corrected chi connectivity index (χ0v) is 24.3. The molecule has 1 aromatic carbocycles. The van der Waals surface area contributed by atoms with Crippen LogP contribution in [0.2, 0.25) is 0 Å². The van der Waals surface area contributed by atoms with Gasteiger partial charge in [-0.15, -0.1) is 0 Å². The monoisotopic (exact) mass is 548 g/mol. The lowest BCUT2D eigenvalue weighted by atomic mass is 9.85. The number of amides is 3. The Kier molecular flexibility index (Phi) is 8.76. The van der Waals surface area contributed by atoms with Crippen LogP contribution in [0.25, 0.3) is 5.65 Å². The van der Waals surface area contributed by atoms with Crippen LogP contribution in [0.1, 0.15) is 91.9 Å². The Labute approximate surface area is 235 Å². The third-order valence-corrected chi connectivity index (χ3v) is 7.12. The predicted octanol–water partition coefficient (Wildman–Crippen LogP) is 4.34. The van der Waals surface area contributed by atoms with Crippen molar-refractivity contribution in [1.29, 1.82) is 0 Å². The topological polar surface area (TPSA) is 127 Å².